The van der Waals surface area contributed by atoms with Crippen LogP contribution in [0.5, 0.6) is 17.2 Å². The van der Waals surface area contributed by atoms with Gasteiger partial charge in [-0.1, -0.05) is 48.2 Å². The van der Waals surface area contributed by atoms with Gasteiger partial charge >= 0.3 is 0 Å². The zero-order valence-corrected chi connectivity index (χ0v) is 16.0. The average molecular weight is 384 g/mol. The van der Waals surface area contributed by atoms with Crippen molar-refractivity contribution in [3.05, 3.63) is 83.7 Å². The molecule has 1 aromatic heterocycles. The van der Waals surface area contributed by atoms with Gasteiger partial charge in [-0.2, -0.15) is 0 Å². The monoisotopic (exact) mass is 384 g/mol. The van der Waals surface area contributed by atoms with Gasteiger partial charge in [0, 0.05) is 16.8 Å². The van der Waals surface area contributed by atoms with Crippen molar-refractivity contribution in [2.45, 2.75) is 12.8 Å². The third-order valence-corrected chi connectivity index (χ3v) is 4.61. The molecule has 0 saturated carbocycles. The number of para-hydroxylation sites is 2. The molecule has 0 fully saturated rings. The summed E-state index contributed by atoms with van der Waals surface area (Å²) in [4.78, 5) is 17.1. The van der Waals surface area contributed by atoms with E-state index in [-0.39, 0.29) is 19.1 Å². The third kappa shape index (κ3) is 4.22. The van der Waals surface area contributed by atoms with E-state index in [9.17, 15) is 4.79 Å². The number of benzene rings is 2. The highest BCUT2D eigenvalue weighted by atomic mass is 16.5. The largest absolute Gasteiger partial charge is 0.479 e. The zero-order valence-electron chi connectivity index (χ0n) is 16.0. The predicted molar refractivity (Wildman–Crippen MR) is 110 cm³/mol. The number of hydrogen-bond donors (Lipinski definition) is 1. The quantitative estimate of drug-likeness (QED) is 0.695. The normalized spacial score (nSPS) is 11.9. The van der Waals surface area contributed by atoms with Crippen molar-refractivity contribution in [2.75, 3.05) is 13.2 Å². The van der Waals surface area contributed by atoms with Crippen LogP contribution in [0.15, 0.2) is 66.9 Å². The summed E-state index contributed by atoms with van der Waals surface area (Å²) in [7, 11) is 0. The van der Waals surface area contributed by atoms with Crippen LogP contribution >= 0.6 is 0 Å². The molecule has 5 nitrogen and oxygen atoms in total. The van der Waals surface area contributed by atoms with Crippen molar-refractivity contribution < 1.29 is 14.3 Å². The van der Waals surface area contributed by atoms with Gasteiger partial charge in [-0.05, 0) is 31.2 Å². The topological polar surface area (TPSA) is 60.5 Å². The summed E-state index contributed by atoms with van der Waals surface area (Å²) >= 11 is 0. The molecule has 2 heterocycles. The molecular formula is C24H20N2O3. The molecule has 0 spiro atoms. The minimum atomic E-state index is -0.423. The summed E-state index contributed by atoms with van der Waals surface area (Å²) in [5.74, 6) is 7.39. The van der Waals surface area contributed by atoms with Crippen LogP contribution in [0.3, 0.4) is 0 Å². The highest BCUT2D eigenvalue weighted by Crippen LogP contribution is 2.43. The van der Waals surface area contributed by atoms with Gasteiger partial charge in [0.05, 0.1) is 18.7 Å². The summed E-state index contributed by atoms with van der Waals surface area (Å²) < 4.78 is 11.4. The minimum absolute atomic E-state index is 0.105. The van der Waals surface area contributed by atoms with Crippen LogP contribution in [0.2, 0.25) is 0 Å². The van der Waals surface area contributed by atoms with Crippen LogP contribution in [0.4, 0.5) is 0 Å². The van der Waals surface area contributed by atoms with E-state index >= 15 is 0 Å². The van der Waals surface area contributed by atoms with Gasteiger partial charge in [-0.25, -0.2) is 0 Å². The number of carbonyl (C=O) groups excluding carboxylic acids is 1. The second-order valence-corrected chi connectivity index (χ2v) is 6.61. The first-order valence-electron chi connectivity index (χ1n) is 9.37. The maximum absolute atomic E-state index is 12.9. The number of carbonyl (C=O) groups is 1. The van der Waals surface area contributed by atoms with Crippen molar-refractivity contribution in [3.8, 4) is 29.1 Å². The molecule has 3 aromatic rings. The van der Waals surface area contributed by atoms with E-state index in [4.69, 9.17) is 9.47 Å². The molecule has 0 radical (unpaired) electrons. The Kier molecular flexibility index (Phi) is 5.44. The van der Waals surface area contributed by atoms with Gasteiger partial charge < -0.3 is 14.8 Å². The first kappa shape index (κ1) is 18.6. The Morgan fingerprint density at radius 1 is 1.03 bits per heavy atom. The molecule has 4 rings (SSSR count). The Balaban J connectivity index is 1.39. The number of amides is 1. The maximum atomic E-state index is 12.9. The highest BCUT2D eigenvalue weighted by Gasteiger charge is 2.31. The highest BCUT2D eigenvalue weighted by molar-refractivity contribution is 5.89. The Labute approximate surface area is 169 Å². The van der Waals surface area contributed by atoms with Crippen LogP contribution in [0.25, 0.3) is 0 Å². The van der Waals surface area contributed by atoms with Crippen LogP contribution in [-0.2, 0) is 4.79 Å². The van der Waals surface area contributed by atoms with E-state index < -0.39 is 5.92 Å². The second kappa shape index (κ2) is 8.49. The lowest BCUT2D eigenvalue weighted by Gasteiger charge is -2.27. The van der Waals surface area contributed by atoms with Crippen molar-refractivity contribution in [1.82, 2.24) is 10.3 Å². The van der Waals surface area contributed by atoms with Gasteiger partial charge in [0.15, 0.2) is 0 Å². The first-order chi connectivity index (χ1) is 14.2. The van der Waals surface area contributed by atoms with E-state index in [1.54, 1.807) is 6.20 Å². The lowest BCUT2D eigenvalue weighted by molar-refractivity contribution is -0.121. The smallest absolute Gasteiger partial charge is 0.233 e. The van der Waals surface area contributed by atoms with Gasteiger partial charge in [0.25, 0.3) is 0 Å². The third-order valence-electron chi connectivity index (χ3n) is 4.61. The van der Waals surface area contributed by atoms with Crippen molar-refractivity contribution in [1.29, 1.82) is 0 Å². The average Bonchev–Trinajstić information content (AvgIpc) is 2.75. The molecule has 5 heteroatoms. The van der Waals surface area contributed by atoms with E-state index in [1.165, 1.54) is 0 Å². The molecular weight excluding hydrogens is 364 g/mol. The van der Waals surface area contributed by atoms with Crippen molar-refractivity contribution in [2.24, 2.45) is 0 Å². The molecule has 144 valence electrons. The van der Waals surface area contributed by atoms with Gasteiger partial charge in [-0.3, -0.25) is 9.78 Å². The Hall–Kier alpha value is -3.78. The molecule has 1 N–H and O–H groups in total. The SMILES string of the molecule is Cc1ccc(OCC#CCNC(=O)C2c3ccccc3Oc3ccccc32)cn1. The summed E-state index contributed by atoms with van der Waals surface area (Å²) in [6, 6.07) is 19.0. The fourth-order valence-electron chi connectivity index (χ4n) is 3.20. The number of nitrogens with one attached hydrogen (secondary N) is 1. The number of nitrogens with zero attached hydrogens (tertiary/aromatic N) is 1. The van der Waals surface area contributed by atoms with Gasteiger partial charge in [0.2, 0.25) is 5.91 Å². The predicted octanol–water partition coefficient (Wildman–Crippen LogP) is 3.83. The lowest BCUT2D eigenvalue weighted by atomic mass is 9.87. The fourth-order valence-corrected chi connectivity index (χ4v) is 3.20. The number of fused-ring (bicyclic) bond motifs is 2. The molecule has 1 aliphatic heterocycles. The Morgan fingerprint density at radius 3 is 2.38 bits per heavy atom. The summed E-state index contributed by atoms with van der Waals surface area (Å²) in [5, 5.41) is 2.90. The number of aromatic nitrogens is 1. The van der Waals surface area contributed by atoms with Crippen LogP contribution in [0.1, 0.15) is 22.7 Å². The molecule has 29 heavy (non-hydrogen) atoms. The molecule has 1 amide bonds. The van der Waals surface area contributed by atoms with Crippen LogP contribution in [0, 0.1) is 18.8 Å². The molecule has 1 aliphatic rings. The molecule has 0 aliphatic carbocycles. The lowest BCUT2D eigenvalue weighted by Crippen LogP contribution is -2.31. The van der Waals surface area contributed by atoms with E-state index in [0.717, 1.165) is 16.8 Å². The van der Waals surface area contributed by atoms with E-state index in [1.807, 2.05) is 67.6 Å². The summed E-state index contributed by atoms with van der Waals surface area (Å²) in [6.45, 7) is 2.40. The second-order valence-electron chi connectivity index (χ2n) is 6.61. The van der Waals surface area contributed by atoms with Crippen molar-refractivity contribution in [3.63, 3.8) is 0 Å². The Morgan fingerprint density at radius 2 is 1.72 bits per heavy atom. The summed E-state index contributed by atoms with van der Waals surface area (Å²) in [6.07, 6.45) is 1.67. The minimum Gasteiger partial charge on any atom is -0.479 e. The first-order valence-corrected chi connectivity index (χ1v) is 9.37. The number of rotatable bonds is 4. The zero-order chi connectivity index (χ0) is 20.1. The van der Waals surface area contributed by atoms with Crippen LogP contribution < -0.4 is 14.8 Å². The molecule has 0 unspecified atom stereocenters. The van der Waals surface area contributed by atoms with Gasteiger partial charge in [0.1, 0.15) is 23.9 Å². The summed E-state index contributed by atoms with van der Waals surface area (Å²) in [5.41, 5.74) is 2.64. The molecule has 0 atom stereocenters. The number of ether oxygens (including phenoxy) is 2. The molecule has 0 saturated heterocycles. The number of pyridine rings is 1. The van der Waals surface area contributed by atoms with Gasteiger partial charge in [-0.15, -0.1) is 0 Å². The molecule has 2 aromatic carbocycles. The number of aryl methyl sites for hydroxylation is 1. The number of hydrogen-bond acceptors (Lipinski definition) is 4. The maximum Gasteiger partial charge on any atom is 0.233 e. The fraction of sp³-hybridized carbons (Fsp3) is 0.167. The van der Waals surface area contributed by atoms with Crippen LogP contribution in [-0.4, -0.2) is 24.0 Å². The van der Waals surface area contributed by atoms with E-state index in [2.05, 4.69) is 22.1 Å². The molecule has 0 bridgehead atoms. The van der Waals surface area contributed by atoms with Crippen molar-refractivity contribution >= 4 is 5.91 Å². The standard InChI is InChI=1S/C24H20N2O3/c1-17-12-13-18(16-26-17)28-15-7-6-14-25-24(27)23-19-8-2-4-10-21(19)29-22-11-5-3-9-20(22)23/h2-5,8-13,16,23H,14-15H2,1H3,(H,25,27). The Bertz CT molecular complexity index is 1040. The van der Waals surface area contributed by atoms with E-state index in [0.29, 0.717) is 17.2 Å².